The largest absolute Gasteiger partial charge is 0.371 e. The summed E-state index contributed by atoms with van der Waals surface area (Å²) in [5.41, 5.74) is 3.66. The van der Waals surface area contributed by atoms with E-state index >= 15 is 0 Å². The standard InChI is InChI=1S/C14H18N4/c1-11-10-13(2-6-15-11)18-8-4-12(5-9-18)14-3-7-16-17-14/h2-3,6-7,10,12H,4-5,8-9H2,1H3,(H,16,17). The maximum atomic E-state index is 4.25. The number of aromatic nitrogens is 3. The second-order valence-corrected chi connectivity index (χ2v) is 4.93. The highest BCUT2D eigenvalue weighted by Gasteiger charge is 2.21. The Morgan fingerprint density at radius 1 is 1.22 bits per heavy atom. The SMILES string of the molecule is Cc1cc(N2CCC(c3ccn[nH]3)CC2)ccn1. The number of rotatable bonds is 2. The van der Waals surface area contributed by atoms with Crippen LogP contribution in [0.2, 0.25) is 0 Å². The van der Waals surface area contributed by atoms with Gasteiger partial charge in [0.1, 0.15) is 0 Å². The Morgan fingerprint density at radius 3 is 2.72 bits per heavy atom. The highest BCUT2D eigenvalue weighted by atomic mass is 15.1. The molecule has 0 bridgehead atoms. The Kier molecular flexibility index (Phi) is 3.00. The zero-order valence-corrected chi connectivity index (χ0v) is 10.6. The minimum atomic E-state index is 0.631. The zero-order valence-electron chi connectivity index (χ0n) is 10.6. The summed E-state index contributed by atoms with van der Waals surface area (Å²) in [5.74, 6) is 0.631. The second-order valence-electron chi connectivity index (χ2n) is 4.93. The zero-order chi connectivity index (χ0) is 12.4. The number of piperidine rings is 1. The molecule has 1 fully saturated rings. The van der Waals surface area contributed by atoms with E-state index in [0.717, 1.165) is 18.8 Å². The van der Waals surface area contributed by atoms with Gasteiger partial charge in [-0.05, 0) is 38.0 Å². The molecule has 2 aromatic heterocycles. The molecule has 0 spiro atoms. The third-order valence-corrected chi connectivity index (χ3v) is 3.70. The molecule has 1 N–H and O–H groups in total. The van der Waals surface area contributed by atoms with Crippen molar-refractivity contribution in [1.29, 1.82) is 0 Å². The van der Waals surface area contributed by atoms with Gasteiger partial charge < -0.3 is 4.90 Å². The summed E-state index contributed by atoms with van der Waals surface area (Å²) < 4.78 is 0. The number of anilines is 1. The van der Waals surface area contributed by atoms with Crippen molar-refractivity contribution in [1.82, 2.24) is 15.2 Å². The van der Waals surface area contributed by atoms with E-state index < -0.39 is 0 Å². The summed E-state index contributed by atoms with van der Waals surface area (Å²) in [5, 5.41) is 7.13. The molecule has 4 heteroatoms. The molecule has 0 atom stereocenters. The molecule has 3 rings (SSSR count). The van der Waals surface area contributed by atoms with Crippen LogP contribution in [-0.4, -0.2) is 28.3 Å². The van der Waals surface area contributed by atoms with Gasteiger partial charge in [0.15, 0.2) is 0 Å². The van der Waals surface area contributed by atoms with Crippen molar-refractivity contribution in [2.45, 2.75) is 25.7 Å². The van der Waals surface area contributed by atoms with Gasteiger partial charge in [-0.1, -0.05) is 0 Å². The predicted molar refractivity (Wildman–Crippen MR) is 71.7 cm³/mol. The quantitative estimate of drug-likeness (QED) is 0.880. The average molecular weight is 242 g/mol. The number of hydrogen-bond acceptors (Lipinski definition) is 3. The highest BCUT2D eigenvalue weighted by molar-refractivity contribution is 5.46. The van der Waals surface area contributed by atoms with E-state index in [-0.39, 0.29) is 0 Å². The Morgan fingerprint density at radius 2 is 2.06 bits per heavy atom. The first-order valence-corrected chi connectivity index (χ1v) is 6.50. The molecule has 0 unspecified atom stereocenters. The molecule has 4 nitrogen and oxygen atoms in total. The van der Waals surface area contributed by atoms with Crippen molar-refractivity contribution in [3.8, 4) is 0 Å². The van der Waals surface area contributed by atoms with Crippen LogP contribution in [0.3, 0.4) is 0 Å². The lowest BCUT2D eigenvalue weighted by molar-refractivity contribution is 0.495. The maximum Gasteiger partial charge on any atom is 0.0490 e. The van der Waals surface area contributed by atoms with Crippen molar-refractivity contribution in [2.75, 3.05) is 18.0 Å². The Bertz CT molecular complexity index is 498. The lowest BCUT2D eigenvalue weighted by atomic mass is 9.93. The number of nitrogens with one attached hydrogen (secondary N) is 1. The van der Waals surface area contributed by atoms with E-state index in [0.29, 0.717) is 5.92 Å². The van der Waals surface area contributed by atoms with Crippen LogP contribution in [-0.2, 0) is 0 Å². The summed E-state index contributed by atoms with van der Waals surface area (Å²) in [6, 6.07) is 6.36. The molecule has 0 aliphatic carbocycles. The first-order valence-electron chi connectivity index (χ1n) is 6.50. The van der Waals surface area contributed by atoms with Gasteiger partial charge in [0.25, 0.3) is 0 Å². The maximum absolute atomic E-state index is 4.25. The minimum absolute atomic E-state index is 0.631. The normalized spacial score (nSPS) is 17.1. The number of nitrogens with zero attached hydrogens (tertiary/aromatic N) is 3. The topological polar surface area (TPSA) is 44.8 Å². The number of pyridine rings is 1. The van der Waals surface area contributed by atoms with Crippen molar-refractivity contribution in [3.05, 3.63) is 42.0 Å². The van der Waals surface area contributed by atoms with E-state index in [1.807, 2.05) is 19.3 Å². The Hall–Kier alpha value is -1.84. The monoisotopic (exact) mass is 242 g/mol. The third kappa shape index (κ3) is 2.23. The molecule has 1 saturated heterocycles. The molecule has 1 aliphatic rings. The van der Waals surface area contributed by atoms with Gasteiger partial charge >= 0.3 is 0 Å². The van der Waals surface area contributed by atoms with Crippen LogP contribution < -0.4 is 4.90 Å². The van der Waals surface area contributed by atoms with Crippen LogP contribution in [0.1, 0.15) is 30.1 Å². The number of aryl methyl sites for hydroxylation is 1. The van der Waals surface area contributed by atoms with E-state index in [2.05, 4.69) is 38.3 Å². The van der Waals surface area contributed by atoms with Crippen LogP contribution >= 0.6 is 0 Å². The molecule has 2 aromatic rings. The summed E-state index contributed by atoms with van der Waals surface area (Å²) >= 11 is 0. The highest BCUT2D eigenvalue weighted by Crippen LogP contribution is 2.29. The van der Waals surface area contributed by atoms with E-state index in [9.17, 15) is 0 Å². The van der Waals surface area contributed by atoms with E-state index in [1.165, 1.54) is 24.2 Å². The first kappa shape index (κ1) is 11.3. The van der Waals surface area contributed by atoms with Crippen LogP contribution in [0, 0.1) is 6.92 Å². The molecule has 1 aliphatic heterocycles. The lowest BCUT2D eigenvalue weighted by Gasteiger charge is -2.33. The smallest absolute Gasteiger partial charge is 0.0490 e. The molecule has 0 amide bonds. The van der Waals surface area contributed by atoms with Crippen LogP contribution in [0.4, 0.5) is 5.69 Å². The van der Waals surface area contributed by atoms with Gasteiger partial charge in [-0.25, -0.2) is 0 Å². The van der Waals surface area contributed by atoms with Crippen LogP contribution in [0.5, 0.6) is 0 Å². The van der Waals surface area contributed by atoms with E-state index in [4.69, 9.17) is 0 Å². The molecule has 0 aromatic carbocycles. The van der Waals surface area contributed by atoms with Gasteiger partial charge in [0.05, 0.1) is 0 Å². The van der Waals surface area contributed by atoms with Gasteiger partial charge in [-0.2, -0.15) is 5.10 Å². The van der Waals surface area contributed by atoms with Crippen molar-refractivity contribution < 1.29 is 0 Å². The second kappa shape index (κ2) is 4.80. The number of hydrogen-bond donors (Lipinski definition) is 1. The fourth-order valence-corrected chi connectivity index (χ4v) is 2.67. The van der Waals surface area contributed by atoms with Crippen molar-refractivity contribution >= 4 is 5.69 Å². The van der Waals surface area contributed by atoms with Gasteiger partial charge in [0, 0.05) is 48.5 Å². The molecule has 18 heavy (non-hydrogen) atoms. The van der Waals surface area contributed by atoms with Crippen LogP contribution in [0.25, 0.3) is 0 Å². The van der Waals surface area contributed by atoms with Crippen molar-refractivity contribution in [3.63, 3.8) is 0 Å². The number of H-pyrrole nitrogens is 1. The van der Waals surface area contributed by atoms with Gasteiger partial charge in [-0.3, -0.25) is 10.1 Å². The van der Waals surface area contributed by atoms with E-state index in [1.54, 1.807) is 0 Å². The lowest BCUT2D eigenvalue weighted by Crippen LogP contribution is -2.33. The fourth-order valence-electron chi connectivity index (χ4n) is 2.67. The van der Waals surface area contributed by atoms with Crippen molar-refractivity contribution in [2.24, 2.45) is 0 Å². The van der Waals surface area contributed by atoms with Gasteiger partial charge in [0.2, 0.25) is 0 Å². The number of aromatic amines is 1. The summed E-state index contributed by atoms with van der Waals surface area (Å²) in [4.78, 5) is 6.70. The Labute approximate surface area is 107 Å². The minimum Gasteiger partial charge on any atom is -0.371 e. The van der Waals surface area contributed by atoms with Crippen LogP contribution in [0.15, 0.2) is 30.6 Å². The Balaban J connectivity index is 1.67. The average Bonchev–Trinajstić information content (AvgIpc) is 2.93. The molecule has 0 saturated carbocycles. The predicted octanol–water partition coefficient (Wildman–Crippen LogP) is 2.50. The summed E-state index contributed by atoms with van der Waals surface area (Å²) in [6.45, 7) is 4.25. The van der Waals surface area contributed by atoms with Gasteiger partial charge in [-0.15, -0.1) is 0 Å². The molecule has 94 valence electrons. The third-order valence-electron chi connectivity index (χ3n) is 3.70. The summed E-state index contributed by atoms with van der Waals surface area (Å²) in [6.07, 6.45) is 6.10. The molecular weight excluding hydrogens is 224 g/mol. The fraction of sp³-hybridized carbons (Fsp3) is 0.429. The molecule has 0 radical (unpaired) electrons. The summed E-state index contributed by atoms with van der Waals surface area (Å²) in [7, 11) is 0. The molecular formula is C14H18N4. The first-order chi connectivity index (χ1) is 8.83. The molecule has 3 heterocycles.